The summed E-state index contributed by atoms with van der Waals surface area (Å²) in [5.41, 5.74) is 2.51. The number of hydrogen-bond donors (Lipinski definition) is 1. The molecule has 5 rings (SSSR count). The summed E-state index contributed by atoms with van der Waals surface area (Å²) in [4.78, 5) is 26.7. The van der Waals surface area contributed by atoms with Gasteiger partial charge in [-0.25, -0.2) is 14.4 Å². The van der Waals surface area contributed by atoms with Crippen molar-refractivity contribution in [1.29, 1.82) is 0 Å². The zero-order valence-electron chi connectivity index (χ0n) is 15.2. The highest BCUT2D eigenvalue weighted by atomic mass is 35.5. The van der Waals surface area contributed by atoms with Crippen LogP contribution in [0.2, 0.25) is 0 Å². The summed E-state index contributed by atoms with van der Waals surface area (Å²) in [5.74, 6) is 0.0632. The fourth-order valence-electron chi connectivity index (χ4n) is 3.55. The van der Waals surface area contributed by atoms with Crippen molar-refractivity contribution in [1.82, 2.24) is 15.0 Å². The van der Waals surface area contributed by atoms with Crippen LogP contribution in [0.3, 0.4) is 0 Å². The van der Waals surface area contributed by atoms with Crippen molar-refractivity contribution >= 4 is 55.6 Å². The predicted molar refractivity (Wildman–Crippen MR) is 118 cm³/mol. The lowest BCUT2D eigenvalue weighted by Gasteiger charge is -2.09. The van der Waals surface area contributed by atoms with E-state index in [1.165, 1.54) is 28.3 Å². The molecule has 1 aliphatic carbocycles. The largest absolute Gasteiger partial charge is 0.305 e. The zero-order valence-corrected chi connectivity index (χ0v) is 17.6. The van der Waals surface area contributed by atoms with Gasteiger partial charge in [-0.1, -0.05) is 11.6 Å². The van der Waals surface area contributed by atoms with E-state index in [0.29, 0.717) is 21.9 Å². The number of thiazole rings is 1. The van der Waals surface area contributed by atoms with Crippen LogP contribution >= 0.6 is 34.3 Å². The molecule has 29 heavy (non-hydrogen) atoms. The van der Waals surface area contributed by atoms with Gasteiger partial charge in [-0.2, -0.15) is 0 Å². The van der Waals surface area contributed by atoms with Crippen molar-refractivity contribution in [2.24, 2.45) is 0 Å². The summed E-state index contributed by atoms with van der Waals surface area (Å²) in [7, 11) is 0. The van der Waals surface area contributed by atoms with Crippen LogP contribution in [0.1, 0.15) is 34.8 Å². The number of thiophene rings is 1. The van der Waals surface area contributed by atoms with Crippen molar-refractivity contribution in [3.63, 3.8) is 0 Å². The number of fused-ring (bicyclic) bond motifs is 3. The Morgan fingerprint density at radius 2 is 1.97 bits per heavy atom. The van der Waals surface area contributed by atoms with Crippen molar-refractivity contribution in [2.75, 3.05) is 0 Å². The molecular formula is C21H15ClFN3OS2. The van der Waals surface area contributed by atoms with Gasteiger partial charge in [0.05, 0.1) is 16.1 Å². The molecular weight excluding hydrogens is 429 g/mol. The van der Waals surface area contributed by atoms with Crippen LogP contribution in [0.25, 0.3) is 31.9 Å². The minimum Gasteiger partial charge on any atom is -0.305 e. The Bertz CT molecular complexity index is 1300. The highest BCUT2D eigenvalue weighted by Crippen LogP contribution is 2.34. The number of benzene rings is 1. The Kier molecular flexibility index (Phi) is 4.81. The summed E-state index contributed by atoms with van der Waals surface area (Å²) in [5, 5.41) is 3.67. The van der Waals surface area contributed by atoms with Crippen LogP contribution in [0, 0.1) is 5.82 Å². The summed E-state index contributed by atoms with van der Waals surface area (Å²) in [6.07, 6.45) is 5.91. The van der Waals surface area contributed by atoms with Gasteiger partial charge in [-0.15, -0.1) is 22.7 Å². The van der Waals surface area contributed by atoms with Gasteiger partial charge in [0.25, 0.3) is 5.56 Å². The SMILES string of the molecule is O=c1[nH]c(/C(Cl)=C/c2csc(-c3ccc(F)cc3)n2)nc2sc3c(c12)CCCC3. The molecule has 0 atom stereocenters. The van der Waals surface area contributed by atoms with E-state index >= 15 is 0 Å². The van der Waals surface area contributed by atoms with Crippen LogP contribution in [-0.2, 0) is 12.8 Å². The van der Waals surface area contributed by atoms with Gasteiger partial charge in [0.15, 0.2) is 5.82 Å². The van der Waals surface area contributed by atoms with Crippen LogP contribution < -0.4 is 5.56 Å². The minimum atomic E-state index is -0.283. The first kappa shape index (κ1) is 18.7. The molecule has 8 heteroatoms. The van der Waals surface area contributed by atoms with E-state index in [-0.39, 0.29) is 11.4 Å². The molecule has 0 radical (unpaired) electrons. The Balaban J connectivity index is 1.49. The average molecular weight is 444 g/mol. The van der Waals surface area contributed by atoms with Crippen molar-refractivity contribution < 1.29 is 4.39 Å². The van der Waals surface area contributed by atoms with Gasteiger partial charge in [-0.05, 0) is 61.6 Å². The molecule has 0 saturated carbocycles. The second-order valence-electron chi connectivity index (χ2n) is 6.88. The topological polar surface area (TPSA) is 58.6 Å². The molecule has 0 unspecified atom stereocenters. The van der Waals surface area contributed by atoms with Gasteiger partial charge < -0.3 is 4.98 Å². The molecule has 0 fully saturated rings. The molecule has 0 bridgehead atoms. The standard InChI is InChI=1S/C21H15ClFN3OS2/c22-15(9-13-10-28-20(24-13)11-5-7-12(23)8-6-11)18-25-19(27)17-14-3-1-2-4-16(14)29-21(17)26-18/h5-10H,1-4H2,(H,25,26,27)/b15-9-. The molecule has 3 aromatic heterocycles. The van der Waals surface area contributed by atoms with Crippen molar-refractivity contribution in [2.45, 2.75) is 25.7 Å². The van der Waals surface area contributed by atoms with Crippen LogP contribution in [0.5, 0.6) is 0 Å². The number of hydrogen-bond acceptors (Lipinski definition) is 5. The number of rotatable bonds is 3. The lowest BCUT2D eigenvalue weighted by Crippen LogP contribution is -2.12. The quantitative estimate of drug-likeness (QED) is 0.431. The summed E-state index contributed by atoms with van der Waals surface area (Å²) in [6, 6.07) is 6.19. The number of aryl methyl sites for hydroxylation is 2. The Morgan fingerprint density at radius 3 is 2.79 bits per heavy atom. The smallest absolute Gasteiger partial charge is 0.260 e. The Labute approximate surface area is 178 Å². The van der Waals surface area contributed by atoms with Gasteiger partial charge in [-0.3, -0.25) is 4.79 Å². The van der Waals surface area contributed by atoms with E-state index in [4.69, 9.17) is 11.6 Å². The van der Waals surface area contributed by atoms with Gasteiger partial charge in [0.2, 0.25) is 0 Å². The predicted octanol–water partition coefficient (Wildman–Crippen LogP) is 5.86. The Morgan fingerprint density at radius 1 is 1.17 bits per heavy atom. The lowest BCUT2D eigenvalue weighted by atomic mass is 9.97. The molecule has 3 heterocycles. The van der Waals surface area contributed by atoms with E-state index < -0.39 is 0 Å². The second-order valence-corrected chi connectivity index (χ2v) is 9.23. The maximum absolute atomic E-state index is 13.1. The maximum atomic E-state index is 13.1. The summed E-state index contributed by atoms with van der Waals surface area (Å²) >= 11 is 9.50. The Hall–Kier alpha value is -2.35. The van der Waals surface area contributed by atoms with E-state index in [1.807, 2.05) is 5.38 Å². The first-order chi connectivity index (χ1) is 14.1. The molecule has 4 nitrogen and oxygen atoms in total. The number of H-pyrrole nitrogens is 1. The van der Waals surface area contributed by atoms with Gasteiger partial charge in [0, 0.05) is 15.8 Å². The van der Waals surface area contributed by atoms with E-state index in [9.17, 15) is 9.18 Å². The van der Waals surface area contributed by atoms with E-state index in [2.05, 4.69) is 15.0 Å². The highest BCUT2D eigenvalue weighted by Gasteiger charge is 2.20. The number of aromatic amines is 1. The summed E-state index contributed by atoms with van der Waals surface area (Å²) < 4.78 is 13.1. The third kappa shape index (κ3) is 3.54. The fourth-order valence-corrected chi connectivity index (χ4v) is 5.80. The second kappa shape index (κ2) is 7.48. The zero-order chi connectivity index (χ0) is 20.0. The van der Waals surface area contributed by atoms with Crippen LogP contribution in [-0.4, -0.2) is 15.0 Å². The third-order valence-electron chi connectivity index (χ3n) is 4.94. The molecule has 0 aliphatic heterocycles. The molecule has 4 aromatic rings. The number of aromatic nitrogens is 3. The normalized spacial score (nSPS) is 14.3. The lowest BCUT2D eigenvalue weighted by molar-refractivity contribution is 0.628. The molecule has 1 aromatic carbocycles. The van der Waals surface area contributed by atoms with E-state index in [0.717, 1.165) is 46.6 Å². The molecule has 1 N–H and O–H groups in total. The van der Waals surface area contributed by atoms with Gasteiger partial charge in [0.1, 0.15) is 15.7 Å². The highest BCUT2D eigenvalue weighted by molar-refractivity contribution is 7.18. The summed E-state index contributed by atoms with van der Waals surface area (Å²) in [6.45, 7) is 0. The molecule has 0 spiro atoms. The first-order valence-corrected chi connectivity index (χ1v) is 11.3. The number of halogens is 2. The maximum Gasteiger partial charge on any atom is 0.260 e. The molecule has 0 saturated heterocycles. The minimum absolute atomic E-state index is 0.138. The molecule has 1 aliphatic rings. The van der Waals surface area contributed by atoms with E-state index in [1.54, 1.807) is 29.5 Å². The molecule has 146 valence electrons. The average Bonchev–Trinajstić information content (AvgIpc) is 3.33. The van der Waals surface area contributed by atoms with Crippen LogP contribution in [0.4, 0.5) is 4.39 Å². The van der Waals surface area contributed by atoms with Crippen molar-refractivity contribution in [3.8, 4) is 10.6 Å². The third-order valence-corrected chi connectivity index (χ3v) is 7.32. The number of nitrogens with zero attached hydrogens (tertiary/aromatic N) is 2. The van der Waals surface area contributed by atoms with Gasteiger partial charge >= 0.3 is 0 Å². The number of nitrogens with one attached hydrogen (secondary N) is 1. The fraction of sp³-hybridized carbons (Fsp3) is 0.190. The first-order valence-electron chi connectivity index (χ1n) is 9.22. The monoisotopic (exact) mass is 443 g/mol. The molecule has 0 amide bonds. The van der Waals surface area contributed by atoms with Crippen LogP contribution in [0.15, 0.2) is 34.4 Å². The van der Waals surface area contributed by atoms with Crippen molar-refractivity contribution in [3.05, 3.63) is 67.8 Å².